The van der Waals surface area contributed by atoms with E-state index in [4.69, 9.17) is 4.74 Å². The minimum absolute atomic E-state index is 0. The monoisotopic (exact) mass is 422 g/mol. The van der Waals surface area contributed by atoms with Crippen LogP contribution in [-0.2, 0) is 0 Å². The zero-order valence-electron chi connectivity index (χ0n) is 18.4. The number of aromatic nitrogens is 1. The van der Waals surface area contributed by atoms with E-state index in [-0.39, 0.29) is 14.9 Å². The molecule has 1 fully saturated rings. The molecule has 166 valence electrons. The molecule has 31 heavy (non-hydrogen) atoms. The van der Waals surface area contributed by atoms with E-state index in [0.717, 1.165) is 46.4 Å². The van der Waals surface area contributed by atoms with Crippen LogP contribution in [0, 0.1) is 11.3 Å². The Kier molecular flexibility index (Phi) is 7.55. The Morgan fingerprint density at radius 2 is 1.90 bits per heavy atom. The summed E-state index contributed by atoms with van der Waals surface area (Å²) in [6.45, 7) is 6.53. The van der Waals surface area contributed by atoms with Gasteiger partial charge in [0, 0.05) is 26.0 Å². The summed E-state index contributed by atoms with van der Waals surface area (Å²) in [5.41, 5.74) is 3.83. The van der Waals surface area contributed by atoms with Crippen LogP contribution < -0.4 is 15.4 Å². The molecule has 3 N–H and O–H groups in total. The van der Waals surface area contributed by atoms with Crippen LogP contribution in [0.15, 0.2) is 42.5 Å². The van der Waals surface area contributed by atoms with Crippen LogP contribution >= 0.6 is 0 Å². The van der Waals surface area contributed by atoms with E-state index < -0.39 is 0 Å². The second-order valence-corrected chi connectivity index (χ2v) is 7.28. The Labute approximate surface area is 186 Å². The number of rotatable bonds is 5. The number of hydrogen-bond acceptors (Lipinski definition) is 3. The lowest BCUT2D eigenvalue weighted by Crippen LogP contribution is -2.36. The molecule has 1 aliphatic carbocycles. The maximum absolute atomic E-state index is 12.1. The molecule has 0 bridgehead atoms. The summed E-state index contributed by atoms with van der Waals surface area (Å²) in [6, 6.07) is 15.6. The van der Waals surface area contributed by atoms with Crippen LogP contribution in [0.25, 0.3) is 22.2 Å². The molecule has 0 spiro atoms. The van der Waals surface area contributed by atoms with E-state index in [0.29, 0.717) is 12.2 Å². The number of nitrogens with one attached hydrogen (secondary N) is 3. The van der Waals surface area contributed by atoms with Gasteiger partial charge in [-0.3, -0.25) is 0 Å². The molecular weight excluding hydrogens is 388 g/mol. The van der Waals surface area contributed by atoms with Crippen LogP contribution in [0.2, 0.25) is 0 Å². The smallest absolute Gasteiger partial charge is 0.319 e. The molecule has 0 radical (unpaired) electrons. The van der Waals surface area contributed by atoms with Gasteiger partial charge in [-0.25, -0.2) is 4.79 Å². The number of anilines is 1. The first-order valence-corrected chi connectivity index (χ1v) is 11.0. The number of hydrogen-bond donors (Lipinski definition) is 3. The van der Waals surface area contributed by atoms with Gasteiger partial charge in [-0.05, 0) is 49.6 Å². The predicted octanol–water partition coefficient (Wildman–Crippen LogP) is 6.69. The highest BCUT2D eigenvalue weighted by Crippen LogP contribution is 2.32. The highest BCUT2D eigenvalue weighted by Gasteiger charge is 2.17. The standard InChI is InChI=1S/C23H24N4O2.C2H6.2H2/c1-2-29-18-11-12-19-20(14-24)22(27-21(19)13-18)15-7-9-17(10-8-15)26-23(28)25-16-5-3-4-6-16;1-2;;/h7-13,16,27H,2-6H2,1H3,(H2,25,26,28);1-2H3;2*1H. The van der Waals surface area contributed by atoms with Gasteiger partial charge in [0.05, 0.1) is 23.4 Å². The Hall–Kier alpha value is -3.46. The zero-order valence-corrected chi connectivity index (χ0v) is 18.4. The molecule has 0 aliphatic heterocycles. The van der Waals surface area contributed by atoms with Gasteiger partial charge in [-0.1, -0.05) is 38.8 Å². The lowest BCUT2D eigenvalue weighted by Gasteiger charge is -2.13. The van der Waals surface area contributed by atoms with Crippen LogP contribution in [-0.4, -0.2) is 23.7 Å². The van der Waals surface area contributed by atoms with Crippen molar-refractivity contribution in [3.05, 3.63) is 48.0 Å². The molecule has 6 heteroatoms. The van der Waals surface area contributed by atoms with Crippen molar-refractivity contribution in [3.63, 3.8) is 0 Å². The fourth-order valence-corrected chi connectivity index (χ4v) is 3.91. The molecule has 0 atom stereocenters. The van der Waals surface area contributed by atoms with Crippen molar-refractivity contribution in [2.24, 2.45) is 0 Å². The van der Waals surface area contributed by atoms with Crippen molar-refractivity contribution >= 4 is 22.6 Å². The first kappa shape index (κ1) is 22.2. The molecule has 0 unspecified atom stereocenters. The minimum atomic E-state index is -0.170. The van der Waals surface area contributed by atoms with Crippen molar-refractivity contribution in [2.45, 2.75) is 52.5 Å². The maximum Gasteiger partial charge on any atom is 0.319 e. The highest BCUT2D eigenvalue weighted by molar-refractivity contribution is 5.95. The quantitative estimate of drug-likeness (QED) is 0.428. The van der Waals surface area contributed by atoms with Crippen molar-refractivity contribution in [1.82, 2.24) is 10.3 Å². The third-order valence-corrected chi connectivity index (χ3v) is 5.31. The van der Waals surface area contributed by atoms with E-state index in [1.807, 2.05) is 63.2 Å². The van der Waals surface area contributed by atoms with Gasteiger partial charge in [0.2, 0.25) is 0 Å². The third-order valence-electron chi connectivity index (χ3n) is 5.31. The van der Waals surface area contributed by atoms with Crippen molar-refractivity contribution in [3.8, 4) is 23.1 Å². The molecule has 3 aromatic rings. The van der Waals surface area contributed by atoms with E-state index >= 15 is 0 Å². The number of fused-ring (bicyclic) bond motifs is 1. The van der Waals surface area contributed by atoms with Crippen LogP contribution in [0.1, 0.15) is 54.9 Å². The van der Waals surface area contributed by atoms with Crippen LogP contribution in [0.5, 0.6) is 5.75 Å². The molecule has 4 rings (SSSR count). The minimum Gasteiger partial charge on any atom is -0.494 e. The second-order valence-electron chi connectivity index (χ2n) is 7.28. The van der Waals surface area contributed by atoms with E-state index in [1.54, 1.807) is 0 Å². The molecule has 1 saturated carbocycles. The number of benzene rings is 2. The topological polar surface area (TPSA) is 89.9 Å². The first-order chi connectivity index (χ1) is 15.2. The van der Waals surface area contributed by atoms with E-state index in [9.17, 15) is 10.1 Å². The molecule has 6 nitrogen and oxygen atoms in total. The number of carbonyl (C=O) groups is 1. The van der Waals surface area contributed by atoms with E-state index in [1.165, 1.54) is 12.8 Å². The fraction of sp³-hybridized carbons (Fsp3) is 0.360. The van der Waals surface area contributed by atoms with Gasteiger partial charge in [0.25, 0.3) is 0 Å². The fourth-order valence-electron chi connectivity index (χ4n) is 3.91. The van der Waals surface area contributed by atoms with Gasteiger partial charge < -0.3 is 20.4 Å². The first-order valence-electron chi connectivity index (χ1n) is 11.0. The Morgan fingerprint density at radius 1 is 1.19 bits per heavy atom. The third kappa shape index (κ3) is 5.18. The van der Waals surface area contributed by atoms with Crippen molar-refractivity contribution in [2.75, 3.05) is 11.9 Å². The molecular formula is C25H34N4O2. The Balaban J connectivity index is 0.00000133. The molecule has 1 aromatic heterocycles. The van der Waals surface area contributed by atoms with Crippen LogP contribution in [0.4, 0.5) is 10.5 Å². The van der Waals surface area contributed by atoms with Gasteiger partial charge in [0.15, 0.2) is 0 Å². The lowest BCUT2D eigenvalue weighted by atomic mass is 10.1. The summed E-state index contributed by atoms with van der Waals surface area (Å²) in [7, 11) is 0. The number of urea groups is 1. The Morgan fingerprint density at radius 3 is 2.55 bits per heavy atom. The van der Waals surface area contributed by atoms with Gasteiger partial charge in [0.1, 0.15) is 11.8 Å². The van der Waals surface area contributed by atoms with Gasteiger partial charge in [-0.15, -0.1) is 0 Å². The highest BCUT2D eigenvalue weighted by atomic mass is 16.5. The summed E-state index contributed by atoms with van der Waals surface area (Å²) < 4.78 is 5.55. The number of aromatic amines is 1. The van der Waals surface area contributed by atoms with Crippen LogP contribution in [0.3, 0.4) is 0 Å². The van der Waals surface area contributed by atoms with E-state index in [2.05, 4.69) is 21.7 Å². The molecule has 1 aliphatic rings. The molecule has 2 amide bonds. The second kappa shape index (κ2) is 10.5. The maximum atomic E-state index is 12.1. The summed E-state index contributed by atoms with van der Waals surface area (Å²) in [4.78, 5) is 15.5. The number of amides is 2. The predicted molar refractivity (Wildman–Crippen MR) is 130 cm³/mol. The molecule has 0 saturated heterocycles. The normalized spacial score (nSPS) is 13.2. The van der Waals surface area contributed by atoms with Crippen molar-refractivity contribution in [1.29, 1.82) is 5.26 Å². The Bertz CT molecular complexity index is 1070. The summed E-state index contributed by atoms with van der Waals surface area (Å²) >= 11 is 0. The number of ether oxygens (including phenoxy) is 1. The molecule has 2 aromatic carbocycles. The zero-order chi connectivity index (χ0) is 22.2. The van der Waals surface area contributed by atoms with Crippen molar-refractivity contribution < 1.29 is 12.4 Å². The SMILES string of the molecule is CC.CCOc1ccc2c(C#N)c(-c3ccc(NC(=O)NC4CCCC4)cc3)[nH]c2c1.[HH].[HH]. The number of nitriles is 1. The summed E-state index contributed by atoms with van der Waals surface area (Å²) in [6.07, 6.45) is 4.46. The lowest BCUT2D eigenvalue weighted by molar-refractivity contribution is 0.248. The largest absolute Gasteiger partial charge is 0.494 e. The van der Waals surface area contributed by atoms with Gasteiger partial charge in [-0.2, -0.15) is 5.26 Å². The average molecular weight is 423 g/mol. The number of H-pyrrole nitrogens is 1. The summed E-state index contributed by atoms with van der Waals surface area (Å²) in [5, 5.41) is 16.4. The molecule has 1 heterocycles. The number of nitrogens with zero attached hydrogens (tertiary/aromatic N) is 1. The number of carbonyl (C=O) groups excluding carboxylic acids is 1. The summed E-state index contributed by atoms with van der Waals surface area (Å²) in [5.74, 6) is 0.769. The van der Waals surface area contributed by atoms with Gasteiger partial charge >= 0.3 is 6.03 Å². The average Bonchev–Trinajstić information content (AvgIpc) is 3.43.